The number of esters is 1. The number of nitrogens with one attached hydrogen (secondary N) is 1. The van der Waals surface area contributed by atoms with Crippen LogP contribution in [0.3, 0.4) is 0 Å². The molecule has 32 heavy (non-hydrogen) atoms. The number of H-pyrrole nitrogens is 1. The standard InChI is InChI=1S/C19H17Cl2N5O6/c1-4-31-18(29)15-17(28)22-19(30)26(24-15)10-7-11(20)16(12(21)8-10)32-13-5-6-14(27)25(23-13)9(2)3/h5-9H,4H2,1-3H3,(H,22,28,30). The topological polar surface area (TPSA) is 138 Å². The van der Waals surface area contributed by atoms with Gasteiger partial charge in [-0.1, -0.05) is 23.2 Å². The molecule has 0 amide bonds. The number of aromatic amines is 1. The highest BCUT2D eigenvalue weighted by Gasteiger charge is 2.19. The van der Waals surface area contributed by atoms with Gasteiger partial charge in [-0.2, -0.15) is 9.78 Å². The number of ether oxygens (including phenoxy) is 2. The first-order valence-corrected chi connectivity index (χ1v) is 10.1. The van der Waals surface area contributed by atoms with Gasteiger partial charge < -0.3 is 9.47 Å². The summed E-state index contributed by atoms with van der Waals surface area (Å²) in [6.07, 6.45) is 0. The third kappa shape index (κ3) is 4.73. The maximum absolute atomic E-state index is 12.2. The monoisotopic (exact) mass is 481 g/mol. The van der Waals surface area contributed by atoms with E-state index in [1.54, 1.807) is 20.8 Å². The van der Waals surface area contributed by atoms with Crippen LogP contribution in [0.25, 0.3) is 5.69 Å². The van der Waals surface area contributed by atoms with Gasteiger partial charge in [-0.25, -0.2) is 14.3 Å². The maximum Gasteiger partial charge on any atom is 0.364 e. The lowest BCUT2D eigenvalue weighted by Crippen LogP contribution is -2.36. The second-order valence-corrected chi connectivity index (χ2v) is 7.44. The Hall–Kier alpha value is -3.44. The molecule has 0 saturated carbocycles. The first-order valence-electron chi connectivity index (χ1n) is 9.30. The predicted molar refractivity (Wildman–Crippen MR) is 115 cm³/mol. The van der Waals surface area contributed by atoms with E-state index < -0.39 is 22.9 Å². The fraction of sp³-hybridized carbons (Fsp3) is 0.263. The summed E-state index contributed by atoms with van der Waals surface area (Å²) in [6, 6.07) is 5.04. The molecule has 2 heterocycles. The van der Waals surface area contributed by atoms with Crippen molar-refractivity contribution in [1.82, 2.24) is 24.5 Å². The lowest BCUT2D eigenvalue weighted by molar-refractivity contribution is 0.0514. The van der Waals surface area contributed by atoms with Crippen molar-refractivity contribution in [2.24, 2.45) is 0 Å². The molecule has 0 aliphatic rings. The Morgan fingerprint density at radius 2 is 1.78 bits per heavy atom. The lowest BCUT2D eigenvalue weighted by Gasteiger charge is -2.13. The number of carbonyl (C=O) groups excluding carboxylic acids is 1. The lowest BCUT2D eigenvalue weighted by atomic mass is 10.3. The fourth-order valence-corrected chi connectivity index (χ4v) is 3.16. The van der Waals surface area contributed by atoms with Gasteiger partial charge in [0.2, 0.25) is 11.6 Å². The smallest absolute Gasteiger partial charge is 0.364 e. The number of hydrogen-bond donors (Lipinski definition) is 1. The second-order valence-electron chi connectivity index (χ2n) is 6.63. The Bertz CT molecular complexity index is 1340. The summed E-state index contributed by atoms with van der Waals surface area (Å²) in [7, 11) is 0. The Morgan fingerprint density at radius 1 is 1.12 bits per heavy atom. The summed E-state index contributed by atoms with van der Waals surface area (Å²) in [6.45, 7) is 5.14. The molecule has 0 spiro atoms. The van der Waals surface area contributed by atoms with Gasteiger partial charge in [-0.15, -0.1) is 5.10 Å². The number of carbonyl (C=O) groups is 1. The van der Waals surface area contributed by atoms with Crippen LogP contribution in [-0.2, 0) is 4.74 Å². The van der Waals surface area contributed by atoms with Crippen molar-refractivity contribution in [3.8, 4) is 17.3 Å². The van der Waals surface area contributed by atoms with Crippen molar-refractivity contribution in [2.45, 2.75) is 26.8 Å². The minimum absolute atomic E-state index is 0.0148. The van der Waals surface area contributed by atoms with Gasteiger partial charge in [0.05, 0.1) is 28.4 Å². The van der Waals surface area contributed by atoms with E-state index >= 15 is 0 Å². The first-order chi connectivity index (χ1) is 15.1. The zero-order valence-corrected chi connectivity index (χ0v) is 18.6. The average molecular weight is 482 g/mol. The van der Waals surface area contributed by atoms with E-state index in [0.29, 0.717) is 0 Å². The average Bonchev–Trinajstić information content (AvgIpc) is 2.71. The number of aromatic nitrogens is 5. The van der Waals surface area contributed by atoms with E-state index in [2.05, 4.69) is 10.2 Å². The van der Waals surface area contributed by atoms with Crippen molar-refractivity contribution in [3.63, 3.8) is 0 Å². The van der Waals surface area contributed by atoms with E-state index in [0.717, 1.165) is 4.68 Å². The van der Waals surface area contributed by atoms with Crippen molar-refractivity contribution in [1.29, 1.82) is 0 Å². The zero-order chi connectivity index (χ0) is 23.6. The largest absolute Gasteiger partial charge is 0.461 e. The molecule has 0 atom stereocenters. The minimum atomic E-state index is -0.994. The molecule has 2 aromatic heterocycles. The van der Waals surface area contributed by atoms with E-state index in [4.69, 9.17) is 32.7 Å². The predicted octanol–water partition coefficient (Wildman–Crippen LogP) is 2.33. The summed E-state index contributed by atoms with van der Waals surface area (Å²) >= 11 is 12.6. The first kappa shape index (κ1) is 23.2. The molecule has 0 bridgehead atoms. The fourth-order valence-electron chi connectivity index (χ4n) is 2.61. The van der Waals surface area contributed by atoms with Crippen LogP contribution in [0.1, 0.15) is 37.3 Å². The molecule has 3 aromatic rings. The summed E-state index contributed by atoms with van der Waals surface area (Å²) in [4.78, 5) is 49.9. The van der Waals surface area contributed by atoms with Crippen LogP contribution < -0.4 is 21.5 Å². The van der Waals surface area contributed by atoms with E-state index in [1.165, 1.54) is 28.9 Å². The third-order valence-corrected chi connectivity index (χ3v) is 4.58. The van der Waals surface area contributed by atoms with Gasteiger partial charge in [-0.05, 0) is 32.9 Å². The van der Waals surface area contributed by atoms with Gasteiger partial charge in [0.1, 0.15) is 0 Å². The number of halogens is 2. The summed E-state index contributed by atoms with van der Waals surface area (Å²) in [5, 5.41) is 7.84. The quantitative estimate of drug-likeness (QED) is 0.529. The summed E-state index contributed by atoms with van der Waals surface area (Å²) < 4.78 is 12.4. The van der Waals surface area contributed by atoms with Crippen molar-refractivity contribution in [2.75, 3.05) is 6.61 Å². The van der Waals surface area contributed by atoms with Gasteiger partial charge in [0.25, 0.3) is 11.1 Å². The number of hydrogen-bond acceptors (Lipinski definition) is 8. The van der Waals surface area contributed by atoms with E-state index in [-0.39, 0.29) is 45.6 Å². The molecule has 0 unspecified atom stereocenters. The Balaban J connectivity index is 2.03. The number of rotatable bonds is 6. The second kappa shape index (κ2) is 9.37. The van der Waals surface area contributed by atoms with Crippen molar-refractivity contribution < 1.29 is 14.3 Å². The Morgan fingerprint density at radius 3 is 2.38 bits per heavy atom. The number of nitrogens with zero attached hydrogens (tertiary/aromatic N) is 4. The minimum Gasteiger partial charge on any atom is -0.461 e. The van der Waals surface area contributed by atoms with Gasteiger partial charge in [-0.3, -0.25) is 14.6 Å². The van der Waals surface area contributed by atoms with Crippen LogP contribution >= 0.6 is 23.2 Å². The molecule has 13 heteroatoms. The zero-order valence-electron chi connectivity index (χ0n) is 17.1. The molecule has 3 rings (SSSR count). The molecule has 1 N–H and O–H groups in total. The Kier molecular flexibility index (Phi) is 6.80. The molecule has 11 nitrogen and oxygen atoms in total. The van der Waals surface area contributed by atoms with Crippen LogP contribution in [-0.4, -0.2) is 37.1 Å². The highest BCUT2D eigenvalue weighted by Crippen LogP contribution is 2.37. The van der Waals surface area contributed by atoms with Crippen molar-refractivity contribution in [3.05, 3.63) is 71.2 Å². The molecule has 0 fully saturated rings. The van der Waals surface area contributed by atoms with Crippen LogP contribution in [0.5, 0.6) is 11.6 Å². The van der Waals surface area contributed by atoms with Crippen LogP contribution in [0.4, 0.5) is 0 Å². The van der Waals surface area contributed by atoms with E-state index in [9.17, 15) is 19.2 Å². The van der Waals surface area contributed by atoms with E-state index in [1.807, 2.05) is 4.98 Å². The summed E-state index contributed by atoms with van der Waals surface area (Å²) in [5.74, 6) is -0.911. The Labute approximate surface area is 190 Å². The SMILES string of the molecule is CCOC(=O)c1nn(-c2cc(Cl)c(Oc3ccc(=O)n(C(C)C)n3)c(Cl)c2)c(=O)[nH]c1=O. The number of benzene rings is 1. The van der Waals surface area contributed by atoms with Crippen LogP contribution in [0.2, 0.25) is 10.0 Å². The molecule has 0 radical (unpaired) electrons. The normalized spacial score (nSPS) is 10.9. The van der Waals surface area contributed by atoms with Gasteiger partial charge in [0.15, 0.2) is 5.75 Å². The van der Waals surface area contributed by atoms with Gasteiger partial charge >= 0.3 is 11.7 Å². The molecule has 1 aromatic carbocycles. The third-order valence-electron chi connectivity index (χ3n) is 4.02. The molecule has 168 valence electrons. The summed E-state index contributed by atoms with van der Waals surface area (Å²) in [5.41, 5.74) is -2.78. The molecule has 0 aliphatic heterocycles. The molecule has 0 aliphatic carbocycles. The van der Waals surface area contributed by atoms with Crippen molar-refractivity contribution >= 4 is 29.2 Å². The molecular formula is C19H17Cl2N5O6. The van der Waals surface area contributed by atoms with Crippen LogP contribution in [0.15, 0.2) is 38.6 Å². The molecular weight excluding hydrogens is 465 g/mol. The van der Waals surface area contributed by atoms with Crippen LogP contribution in [0, 0.1) is 0 Å². The van der Waals surface area contributed by atoms with Gasteiger partial charge in [0, 0.05) is 12.1 Å². The maximum atomic E-state index is 12.2. The highest BCUT2D eigenvalue weighted by molar-refractivity contribution is 6.37. The molecule has 0 saturated heterocycles. The highest BCUT2D eigenvalue weighted by atomic mass is 35.5.